The summed E-state index contributed by atoms with van der Waals surface area (Å²) < 4.78 is 0. The van der Waals surface area contributed by atoms with Crippen LogP contribution in [0.15, 0.2) is 41.3 Å². The highest BCUT2D eigenvalue weighted by atomic mass is 32.1. The van der Waals surface area contributed by atoms with Gasteiger partial charge < -0.3 is 0 Å². The van der Waals surface area contributed by atoms with Gasteiger partial charge in [0.1, 0.15) is 5.57 Å². The fourth-order valence-corrected chi connectivity index (χ4v) is 3.49. The minimum absolute atomic E-state index is 0.0902. The van der Waals surface area contributed by atoms with Crippen LogP contribution in [0.4, 0.5) is 5.69 Å². The number of amides is 2. The summed E-state index contributed by atoms with van der Waals surface area (Å²) in [4.78, 5) is 27.3. The zero-order valence-corrected chi connectivity index (χ0v) is 14.3. The maximum absolute atomic E-state index is 12.9. The van der Waals surface area contributed by atoms with E-state index in [1.165, 1.54) is 16.2 Å². The maximum Gasteiger partial charge on any atom is 0.270 e. The normalized spacial score (nSPS) is 16.9. The first-order valence-corrected chi connectivity index (χ1v) is 8.29. The molecule has 6 heteroatoms. The minimum Gasteiger partial charge on any atom is -0.298 e. The molecule has 1 N–H and O–H groups in total. The summed E-state index contributed by atoms with van der Waals surface area (Å²) in [7, 11) is 0. The van der Waals surface area contributed by atoms with Crippen LogP contribution in [0, 0.1) is 13.8 Å². The molecule has 23 heavy (non-hydrogen) atoms. The van der Waals surface area contributed by atoms with Gasteiger partial charge in [0.05, 0.1) is 5.69 Å². The third-order valence-corrected chi connectivity index (χ3v) is 4.89. The second-order valence-electron chi connectivity index (χ2n) is 5.21. The van der Waals surface area contributed by atoms with E-state index in [0.29, 0.717) is 5.69 Å². The van der Waals surface area contributed by atoms with E-state index in [1.807, 2.05) is 49.6 Å². The van der Waals surface area contributed by atoms with Crippen molar-refractivity contribution in [3.8, 4) is 0 Å². The number of para-hydroxylation sites is 1. The Bertz CT molecular complexity index is 852. The highest BCUT2D eigenvalue weighted by Gasteiger charge is 2.35. The zero-order valence-electron chi connectivity index (χ0n) is 12.6. The Hall–Kier alpha value is -2.31. The van der Waals surface area contributed by atoms with E-state index in [-0.39, 0.29) is 10.7 Å². The van der Waals surface area contributed by atoms with Gasteiger partial charge in [0.25, 0.3) is 11.8 Å². The van der Waals surface area contributed by atoms with Crippen LogP contribution in [-0.2, 0) is 9.59 Å². The van der Waals surface area contributed by atoms with Crippen molar-refractivity contribution in [2.75, 3.05) is 4.90 Å². The lowest BCUT2D eigenvalue weighted by atomic mass is 10.1. The van der Waals surface area contributed by atoms with Crippen LogP contribution < -0.4 is 10.2 Å². The lowest BCUT2D eigenvalue weighted by Crippen LogP contribution is -2.54. The number of carbonyl (C=O) groups excluding carboxylic acids is 2. The number of benzene rings is 1. The molecule has 1 aliphatic heterocycles. The van der Waals surface area contributed by atoms with Gasteiger partial charge in [0.2, 0.25) is 0 Å². The molecule has 0 unspecified atom stereocenters. The van der Waals surface area contributed by atoms with Crippen molar-refractivity contribution in [1.82, 2.24) is 5.32 Å². The van der Waals surface area contributed by atoms with Crippen molar-refractivity contribution in [3.63, 3.8) is 0 Å². The first kappa shape index (κ1) is 15.6. The fourth-order valence-electron chi connectivity index (χ4n) is 2.35. The number of thiophene rings is 1. The minimum atomic E-state index is -0.461. The van der Waals surface area contributed by atoms with Crippen LogP contribution >= 0.6 is 23.6 Å². The molecule has 2 amide bonds. The molecule has 1 aromatic carbocycles. The van der Waals surface area contributed by atoms with Crippen LogP contribution in [0.25, 0.3) is 6.08 Å². The van der Waals surface area contributed by atoms with E-state index < -0.39 is 11.8 Å². The van der Waals surface area contributed by atoms with Gasteiger partial charge >= 0.3 is 0 Å². The molecule has 2 aromatic rings. The Morgan fingerprint density at radius 3 is 2.52 bits per heavy atom. The number of nitrogens with one attached hydrogen (secondary N) is 1. The van der Waals surface area contributed by atoms with Crippen molar-refractivity contribution < 1.29 is 9.59 Å². The number of aryl methyl sites for hydroxylation is 2. The average molecular weight is 342 g/mol. The molecule has 0 atom stereocenters. The molecule has 1 aromatic heterocycles. The van der Waals surface area contributed by atoms with Crippen molar-refractivity contribution >= 4 is 52.2 Å². The SMILES string of the molecule is Cc1ccccc1N1C(=O)/C(=C\c2sccc2C)C(=O)NC1=S. The molecule has 2 heterocycles. The molecule has 0 bridgehead atoms. The summed E-state index contributed by atoms with van der Waals surface area (Å²) in [5, 5.41) is 4.63. The summed E-state index contributed by atoms with van der Waals surface area (Å²) in [6.45, 7) is 3.84. The van der Waals surface area contributed by atoms with Gasteiger partial charge in [0, 0.05) is 4.88 Å². The lowest BCUT2D eigenvalue weighted by molar-refractivity contribution is -0.122. The highest BCUT2D eigenvalue weighted by molar-refractivity contribution is 7.80. The van der Waals surface area contributed by atoms with E-state index in [0.717, 1.165) is 16.0 Å². The molecule has 3 rings (SSSR count). The van der Waals surface area contributed by atoms with Gasteiger partial charge in [-0.15, -0.1) is 11.3 Å². The molecule has 0 aliphatic carbocycles. The molecule has 1 aliphatic rings. The molecule has 116 valence electrons. The standard InChI is InChI=1S/C17H14N2O2S2/c1-10-5-3-4-6-13(10)19-16(21)12(15(20)18-17(19)22)9-14-11(2)7-8-23-14/h3-9H,1-2H3,(H,18,20,22)/b12-9-. The molecule has 4 nitrogen and oxygen atoms in total. The number of anilines is 1. The van der Waals surface area contributed by atoms with Crippen molar-refractivity contribution in [3.05, 3.63) is 57.3 Å². The van der Waals surface area contributed by atoms with Crippen LogP contribution in [-0.4, -0.2) is 16.9 Å². The van der Waals surface area contributed by atoms with Gasteiger partial charge in [-0.2, -0.15) is 0 Å². The van der Waals surface area contributed by atoms with E-state index in [1.54, 1.807) is 6.08 Å². The number of rotatable bonds is 2. The quantitative estimate of drug-likeness (QED) is 0.518. The van der Waals surface area contributed by atoms with E-state index in [4.69, 9.17) is 12.2 Å². The lowest BCUT2D eigenvalue weighted by Gasteiger charge is -2.29. The Labute approximate surface area is 143 Å². The van der Waals surface area contributed by atoms with Crippen LogP contribution in [0.3, 0.4) is 0 Å². The zero-order chi connectivity index (χ0) is 16.6. The predicted octanol–water partition coefficient (Wildman–Crippen LogP) is 3.20. The second kappa shape index (κ2) is 6.06. The first-order chi connectivity index (χ1) is 11.0. The molecular formula is C17H14N2O2S2. The Morgan fingerprint density at radius 1 is 1.13 bits per heavy atom. The van der Waals surface area contributed by atoms with Crippen molar-refractivity contribution in [2.45, 2.75) is 13.8 Å². The van der Waals surface area contributed by atoms with Crippen molar-refractivity contribution in [2.24, 2.45) is 0 Å². The molecular weight excluding hydrogens is 328 g/mol. The topological polar surface area (TPSA) is 49.4 Å². The largest absolute Gasteiger partial charge is 0.298 e. The number of carbonyl (C=O) groups is 2. The number of hydrogen-bond acceptors (Lipinski definition) is 4. The molecule has 0 spiro atoms. The van der Waals surface area contributed by atoms with Crippen LogP contribution in [0.1, 0.15) is 16.0 Å². The Morgan fingerprint density at radius 2 is 1.87 bits per heavy atom. The third-order valence-electron chi connectivity index (χ3n) is 3.64. The average Bonchev–Trinajstić information content (AvgIpc) is 2.90. The summed E-state index contributed by atoms with van der Waals surface area (Å²) >= 11 is 6.69. The van der Waals surface area contributed by atoms with E-state index >= 15 is 0 Å². The van der Waals surface area contributed by atoms with Gasteiger partial charge in [-0.05, 0) is 60.8 Å². The fraction of sp³-hybridized carbons (Fsp3) is 0.118. The summed E-state index contributed by atoms with van der Waals surface area (Å²) in [6.07, 6.45) is 1.63. The molecule has 0 saturated carbocycles. The molecule has 0 radical (unpaired) electrons. The predicted molar refractivity (Wildman–Crippen MR) is 96.4 cm³/mol. The smallest absolute Gasteiger partial charge is 0.270 e. The van der Waals surface area contributed by atoms with Gasteiger partial charge in [-0.3, -0.25) is 19.8 Å². The van der Waals surface area contributed by atoms with Gasteiger partial charge in [-0.1, -0.05) is 18.2 Å². The molecule has 1 fully saturated rings. The summed E-state index contributed by atoms with van der Waals surface area (Å²) in [5.74, 6) is -0.863. The monoisotopic (exact) mass is 342 g/mol. The van der Waals surface area contributed by atoms with Crippen LogP contribution in [0.5, 0.6) is 0 Å². The Kier molecular flexibility index (Phi) is 4.11. The first-order valence-electron chi connectivity index (χ1n) is 7.00. The van der Waals surface area contributed by atoms with Crippen LogP contribution in [0.2, 0.25) is 0 Å². The second-order valence-corrected chi connectivity index (χ2v) is 6.55. The van der Waals surface area contributed by atoms with E-state index in [9.17, 15) is 9.59 Å². The number of thiocarbonyl (C=S) groups is 1. The Balaban J connectivity index is 2.07. The summed E-state index contributed by atoms with van der Waals surface area (Å²) in [6, 6.07) is 9.38. The summed E-state index contributed by atoms with van der Waals surface area (Å²) in [5.41, 5.74) is 2.70. The van der Waals surface area contributed by atoms with Gasteiger partial charge in [-0.25, -0.2) is 0 Å². The highest BCUT2D eigenvalue weighted by Crippen LogP contribution is 2.26. The van der Waals surface area contributed by atoms with E-state index in [2.05, 4.69) is 5.32 Å². The number of nitrogens with zero attached hydrogens (tertiary/aromatic N) is 1. The molecule has 1 saturated heterocycles. The third kappa shape index (κ3) is 2.83. The maximum atomic E-state index is 12.9. The van der Waals surface area contributed by atoms with Gasteiger partial charge in [0.15, 0.2) is 5.11 Å². The van der Waals surface area contributed by atoms with Crippen molar-refractivity contribution in [1.29, 1.82) is 0 Å². The number of hydrogen-bond donors (Lipinski definition) is 1.